The molecule has 0 aliphatic carbocycles. The molecule has 0 aliphatic heterocycles. The topological polar surface area (TPSA) is 47.6 Å². The molecule has 138 valence electrons. The molecule has 0 unspecified atom stereocenters. The van der Waals surface area contributed by atoms with E-state index >= 15 is 0 Å². The second-order valence-corrected chi connectivity index (χ2v) is 5.53. The lowest BCUT2D eigenvalue weighted by Crippen LogP contribution is -2.11. The predicted octanol–water partition coefficient (Wildman–Crippen LogP) is 5.03. The number of rotatable bonds is 5. The summed E-state index contributed by atoms with van der Waals surface area (Å²) >= 11 is 5.85. The van der Waals surface area contributed by atoms with Crippen molar-refractivity contribution in [1.82, 2.24) is 0 Å². The summed E-state index contributed by atoms with van der Waals surface area (Å²) in [6.45, 7) is 0. The largest absolute Gasteiger partial charge is 0.497 e. The van der Waals surface area contributed by atoms with E-state index in [-0.39, 0.29) is 10.7 Å². The van der Waals surface area contributed by atoms with Crippen LogP contribution < -0.4 is 14.8 Å². The molecule has 0 saturated carbocycles. The zero-order valence-corrected chi connectivity index (χ0v) is 14.6. The van der Waals surface area contributed by atoms with Crippen LogP contribution in [0.4, 0.5) is 18.9 Å². The highest BCUT2D eigenvalue weighted by Gasteiger charge is 2.31. The fourth-order valence-electron chi connectivity index (χ4n) is 2.11. The van der Waals surface area contributed by atoms with E-state index in [1.165, 1.54) is 20.3 Å². The van der Waals surface area contributed by atoms with Crippen molar-refractivity contribution in [2.75, 3.05) is 19.5 Å². The molecule has 2 aromatic rings. The number of halogens is 4. The van der Waals surface area contributed by atoms with Crippen molar-refractivity contribution in [1.29, 1.82) is 0 Å². The third-order valence-electron chi connectivity index (χ3n) is 3.40. The molecule has 0 spiro atoms. The molecule has 2 aromatic carbocycles. The van der Waals surface area contributed by atoms with Crippen LogP contribution in [0, 0.1) is 0 Å². The molecule has 0 radical (unpaired) electrons. The Morgan fingerprint density at radius 1 is 1.12 bits per heavy atom. The molecule has 26 heavy (non-hydrogen) atoms. The van der Waals surface area contributed by atoms with Crippen LogP contribution in [0.15, 0.2) is 42.5 Å². The molecule has 8 heteroatoms. The summed E-state index contributed by atoms with van der Waals surface area (Å²) in [6.07, 6.45) is -1.92. The molecule has 0 aliphatic rings. The van der Waals surface area contributed by atoms with Gasteiger partial charge in [0, 0.05) is 11.6 Å². The van der Waals surface area contributed by atoms with Crippen molar-refractivity contribution < 1.29 is 27.4 Å². The van der Waals surface area contributed by atoms with Crippen LogP contribution in [0.1, 0.15) is 11.1 Å². The zero-order chi connectivity index (χ0) is 19.3. The smallest absolute Gasteiger partial charge is 0.416 e. The van der Waals surface area contributed by atoms with Gasteiger partial charge in [-0.2, -0.15) is 13.2 Å². The van der Waals surface area contributed by atoms with Gasteiger partial charge in [-0.3, -0.25) is 4.79 Å². The third kappa shape index (κ3) is 4.92. The number of anilines is 1. The molecule has 0 bridgehead atoms. The quantitative estimate of drug-likeness (QED) is 0.734. The van der Waals surface area contributed by atoms with Gasteiger partial charge in [-0.1, -0.05) is 11.6 Å². The summed E-state index contributed by atoms with van der Waals surface area (Å²) in [4.78, 5) is 12.0. The van der Waals surface area contributed by atoms with Crippen molar-refractivity contribution in [2.24, 2.45) is 0 Å². The van der Waals surface area contributed by atoms with E-state index in [4.69, 9.17) is 21.1 Å². The number of hydrogen-bond donors (Lipinski definition) is 1. The molecular weight excluding hydrogens is 371 g/mol. The molecule has 0 aromatic heterocycles. The fourth-order valence-corrected chi connectivity index (χ4v) is 2.27. The first-order chi connectivity index (χ1) is 12.2. The SMILES string of the molecule is COc1ccc(OC)c(/C=C/C(=O)Nc2cc(C(F)(F)F)ccc2Cl)c1. The average molecular weight is 386 g/mol. The molecule has 1 N–H and O–H groups in total. The van der Waals surface area contributed by atoms with Crippen LogP contribution >= 0.6 is 11.6 Å². The van der Waals surface area contributed by atoms with Crippen LogP contribution in [-0.2, 0) is 11.0 Å². The van der Waals surface area contributed by atoms with Crippen LogP contribution in [0.25, 0.3) is 6.08 Å². The number of nitrogens with one attached hydrogen (secondary N) is 1. The average Bonchev–Trinajstić information content (AvgIpc) is 2.60. The van der Waals surface area contributed by atoms with E-state index in [1.807, 2.05) is 0 Å². The molecule has 0 fully saturated rings. The van der Waals surface area contributed by atoms with Gasteiger partial charge >= 0.3 is 6.18 Å². The number of amides is 1. The monoisotopic (exact) mass is 385 g/mol. The van der Waals surface area contributed by atoms with E-state index in [0.717, 1.165) is 24.3 Å². The molecule has 4 nitrogen and oxygen atoms in total. The number of carbonyl (C=O) groups is 1. The molecule has 2 rings (SSSR count). The summed E-state index contributed by atoms with van der Waals surface area (Å²) < 4.78 is 48.6. The maximum Gasteiger partial charge on any atom is 0.416 e. The molecular formula is C18H15ClF3NO3. The molecule has 0 saturated heterocycles. The molecule has 0 heterocycles. The van der Waals surface area contributed by atoms with Gasteiger partial charge in [-0.05, 0) is 42.5 Å². The predicted molar refractivity (Wildman–Crippen MR) is 93.7 cm³/mol. The maximum absolute atomic E-state index is 12.8. The number of hydrogen-bond acceptors (Lipinski definition) is 3. The minimum absolute atomic E-state index is 0.00119. The normalized spacial score (nSPS) is 11.5. The van der Waals surface area contributed by atoms with Gasteiger partial charge in [0.2, 0.25) is 5.91 Å². The minimum atomic E-state index is -4.53. The fraction of sp³-hybridized carbons (Fsp3) is 0.167. The van der Waals surface area contributed by atoms with Gasteiger partial charge in [0.25, 0.3) is 0 Å². The van der Waals surface area contributed by atoms with Crippen LogP contribution in [0.3, 0.4) is 0 Å². The van der Waals surface area contributed by atoms with Crippen LogP contribution in [-0.4, -0.2) is 20.1 Å². The first-order valence-corrected chi connectivity index (χ1v) is 7.70. The molecule has 1 amide bonds. The second kappa shape index (κ2) is 8.14. The number of benzene rings is 2. The van der Waals surface area contributed by atoms with Crippen LogP contribution in [0.5, 0.6) is 11.5 Å². The van der Waals surface area contributed by atoms with Crippen LogP contribution in [0.2, 0.25) is 5.02 Å². The highest BCUT2D eigenvalue weighted by atomic mass is 35.5. The first kappa shape index (κ1) is 19.7. The van der Waals surface area contributed by atoms with Gasteiger partial charge in [0.15, 0.2) is 0 Å². The van der Waals surface area contributed by atoms with Gasteiger partial charge in [-0.25, -0.2) is 0 Å². The standard InChI is InChI=1S/C18H15ClF3NO3/c1-25-13-5-7-16(26-2)11(9-13)3-8-17(24)23-15-10-12(18(20,21)22)4-6-14(15)19/h3-10H,1-2H3,(H,23,24)/b8-3+. The number of ether oxygens (including phenoxy) is 2. The van der Waals surface area contributed by atoms with Gasteiger partial charge < -0.3 is 14.8 Å². The highest BCUT2D eigenvalue weighted by molar-refractivity contribution is 6.33. The zero-order valence-electron chi connectivity index (χ0n) is 13.9. The first-order valence-electron chi connectivity index (χ1n) is 7.32. The summed E-state index contributed by atoms with van der Waals surface area (Å²) in [5, 5.41) is 2.33. The Bertz CT molecular complexity index is 835. The second-order valence-electron chi connectivity index (χ2n) is 5.12. The molecule has 0 atom stereocenters. The van der Waals surface area contributed by atoms with Gasteiger partial charge in [-0.15, -0.1) is 0 Å². The number of carbonyl (C=O) groups excluding carboxylic acids is 1. The Hall–Kier alpha value is -2.67. The van der Waals surface area contributed by atoms with E-state index < -0.39 is 17.6 Å². The van der Waals surface area contributed by atoms with E-state index in [0.29, 0.717) is 17.1 Å². The van der Waals surface area contributed by atoms with Crippen molar-refractivity contribution in [3.05, 3.63) is 58.6 Å². The van der Waals surface area contributed by atoms with Crippen molar-refractivity contribution >= 4 is 29.3 Å². The lowest BCUT2D eigenvalue weighted by Gasteiger charge is -2.11. The maximum atomic E-state index is 12.8. The van der Waals surface area contributed by atoms with Crippen molar-refractivity contribution in [3.63, 3.8) is 0 Å². The Morgan fingerprint density at radius 3 is 2.46 bits per heavy atom. The Morgan fingerprint density at radius 2 is 1.85 bits per heavy atom. The Balaban J connectivity index is 2.20. The number of alkyl halides is 3. The summed E-state index contributed by atoms with van der Waals surface area (Å²) in [5.74, 6) is 0.426. The summed E-state index contributed by atoms with van der Waals surface area (Å²) in [7, 11) is 2.97. The van der Waals surface area contributed by atoms with Crippen molar-refractivity contribution in [2.45, 2.75) is 6.18 Å². The number of methoxy groups -OCH3 is 2. The van der Waals surface area contributed by atoms with Gasteiger partial charge in [0.05, 0.1) is 30.5 Å². The highest BCUT2D eigenvalue weighted by Crippen LogP contribution is 2.34. The van der Waals surface area contributed by atoms with E-state index in [1.54, 1.807) is 18.2 Å². The lowest BCUT2D eigenvalue weighted by molar-refractivity contribution is -0.137. The van der Waals surface area contributed by atoms with E-state index in [2.05, 4.69) is 5.32 Å². The van der Waals surface area contributed by atoms with E-state index in [9.17, 15) is 18.0 Å². The minimum Gasteiger partial charge on any atom is -0.497 e. The lowest BCUT2D eigenvalue weighted by atomic mass is 10.1. The summed E-state index contributed by atoms with van der Waals surface area (Å²) in [6, 6.07) is 7.71. The third-order valence-corrected chi connectivity index (χ3v) is 3.73. The Kier molecular flexibility index (Phi) is 6.15. The Labute approximate surface area is 153 Å². The van der Waals surface area contributed by atoms with Gasteiger partial charge in [0.1, 0.15) is 11.5 Å². The van der Waals surface area contributed by atoms with Crippen molar-refractivity contribution in [3.8, 4) is 11.5 Å². The summed E-state index contributed by atoms with van der Waals surface area (Å²) in [5.41, 5.74) is -0.471.